The number of nitrogens with one attached hydrogen (secondary N) is 1. The second kappa shape index (κ2) is 5.83. The molecule has 2 fully saturated rings. The zero-order valence-electron chi connectivity index (χ0n) is 12.0. The topological polar surface area (TPSA) is 41.6 Å². The number of hydrogen-bond donors (Lipinski definition) is 1. The lowest BCUT2D eigenvalue weighted by Crippen LogP contribution is -2.47. The molecule has 0 radical (unpaired) electrons. The Kier molecular flexibility index (Phi) is 3.92. The molecule has 20 heavy (non-hydrogen) atoms. The van der Waals surface area contributed by atoms with E-state index >= 15 is 0 Å². The Balaban J connectivity index is 1.61. The molecule has 1 N–H and O–H groups in total. The monoisotopic (exact) mass is 274 g/mol. The summed E-state index contributed by atoms with van der Waals surface area (Å²) in [7, 11) is 1.65. The van der Waals surface area contributed by atoms with Crippen LogP contribution in [-0.2, 0) is 11.2 Å². The first-order chi connectivity index (χ1) is 9.76. The van der Waals surface area contributed by atoms with Gasteiger partial charge in [0.05, 0.1) is 13.5 Å². The molecule has 2 heterocycles. The number of nitrogens with zero attached hydrogens (tertiary/aromatic N) is 1. The fourth-order valence-electron chi connectivity index (χ4n) is 3.34. The van der Waals surface area contributed by atoms with Crippen molar-refractivity contribution in [1.29, 1.82) is 0 Å². The largest absolute Gasteiger partial charge is 0.497 e. The first-order valence-electron chi connectivity index (χ1n) is 7.40. The molecule has 2 aliphatic rings. The van der Waals surface area contributed by atoms with Crippen molar-refractivity contribution in [3.8, 4) is 5.75 Å². The molecule has 0 saturated carbocycles. The van der Waals surface area contributed by atoms with Gasteiger partial charge in [-0.1, -0.05) is 12.1 Å². The molecule has 4 heteroatoms. The molecule has 108 valence electrons. The quantitative estimate of drug-likeness (QED) is 0.907. The summed E-state index contributed by atoms with van der Waals surface area (Å²) < 4.78 is 5.21. The fraction of sp³-hybridized carbons (Fsp3) is 0.562. The SMILES string of the molecule is COc1cccc(CC(=O)N2CCC3NCCC3C2)c1. The molecule has 1 aromatic rings. The maximum Gasteiger partial charge on any atom is 0.227 e. The van der Waals surface area contributed by atoms with Gasteiger partial charge in [0.2, 0.25) is 5.91 Å². The molecule has 4 nitrogen and oxygen atoms in total. The van der Waals surface area contributed by atoms with Crippen molar-refractivity contribution < 1.29 is 9.53 Å². The Labute approximate surface area is 120 Å². The van der Waals surface area contributed by atoms with Gasteiger partial charge in [-0.3, -0.25) is 4.79 Å². The smallest absolute Gasteiger partial charge is 0.227 e. The lowest BCUT2D eigenvalue weighted by Gasteiger charge is -2.35. The van der Waals surface area contributed by atoms with Gasteiger partial charge in [0, 0.05) is 19.1 Å². The normalized spacial score (nSPS) is 25.4. The van der Waals surface area contributed by atoms with Crippen molar-refractivity contribution in [2.24, 2.45) is 5.92 Å². The summed E-state index contributed by atoms with van der Waals surface area (Å²) in [6, 6.07) is 8.42. The average molecular weight is 274 g/mol. The second-order valence-electron chi connectivity index (χ2n) is 5.77. The average Bonchev–Trinajstić information content (AvgIpc) is 2.94. The van der Waals surface area contributed by atoms with E-state index in [4.69, 9.17) is 4.74 Å². The fourth-order valence-corrected chi connectivity index (χ4v) is 3.34. The molecular weight excluding hydrogens is 252 g/mol. The minimum Gasteiger partial charge on any atom is -0.497 e. The molecule has 0 bridgehead atoms. The summed E-state index contributed by atoms with van der Waals surface area (Å²) >= 11 is 0. The molecule has 1 aromatic carbocycles. The maximum atomic E-state index is 12.4. The van der Waals surface area contributed by atoms with E-state index in [-0.39, 0.29) is 5.91 Å². The predicted molar refractivity (Wildman–Crippen MR) is 77.8 cm³/mol. The molecule has 3 rings (SSSR count). The van der Waals surface area contributed by atoms with Crippen LogP contribution in [-0.4, -0.2) is 43.6 Å². The summed E-state index contributed by atoms with van der Waals surface area (Å²) in [6.07, 6.45) is 2.77. The zero-order valence-corrected chi connectivity index (χ0v) is 12.0. The van der Waals surface area contributed by atoms with E-state index in [1.54, 1.807) is 7.11 Å². The van der Waals surface area contributed by atoms with Gasteiger partial charge < -0.3 is 15.0 Å². The van der Waals surface area contributed by atoms with Gasteiger partial charge >= 0.3 is 0 Å². The Morgan fingerprint density at radius 3 is 3.20 bits per heavy atom. The number of rotatable bonds is 3. The van der Waals surface area contributed by atoms with Crippen LogP contribution in [0.1, 0.15) is 18.4 Å². The van der Waals surface area contributed by atoms with Crippen molar-refractivity contribution in [2.75, 3.05) is 26.7 Å². The van der Waals surface area contributed by atoms with Gasteiger partial charge in [0.15, 0.2) is 0 Å². The number of amides is 1. The molecule has 0 aliphatic carbocycles. The van der Waals surface area contributed by atoms with Gasteiger partial charge in [-0.05, 0) is 43.0 Å². The molecule has 2 unspecified atom stereocenters. The number of carbonyl (C=O) groups is 1. The molecule has 0 aromatic heterocycles. The Morgan fingerprint density at radius 2 is 2.35 bits per heavy atom. The Bertz CT molecular complexity index is 489. The summed E-state index contributed by atoms with van der Waals surface area (Å²) in [5, 5.41) is 3.53. The Morgan fingerprint density at radius 1 is 1.45 bits per heavy atom. The molecule has 0 spiro atoms. The number of benzene rings is 1. The number of methoxy groups -OCH3 is 1. The Hall–Kier alpha value is -1.55. The van der Waals surface area contributed by atoms with Crippen molar-refractivity contribution in [2.45, 2.75) is 25.3 Å². The highest BCUT2D eigenvalue weighted by Gasteiger charge is 2.34. The van der Waals surface area contributed by atoms with Crippen LogP contribution < -0.4 is 10.1 Å². The highest BCUT2D eigenvalue weighted by Crippen LogP contribution is 2.25. The highest BCUT2D eigenvalue weighted by molar-refractivity contribution is 5.79. The molecule has 2 atom stereocenters. The lowest BCUT2D eigenvalue weighted by molar-refractivity contribution is -0.132. The summed E-state index contributed by atoms with van der Waals surface area (Å²) in [5.74, 6) is 1.70. The van der Waals surface area contributed by atoms with Crippen LogP contribution >= 0.6 is 0 Å². The van der Waals surface area contributed by atoms with E-state index in [9.17, 15) is 4.79 Å². The van der Waals surface area contributed by atoms with E-state index < -0.39 is 0 Å². The first kappa shape index (κ1) is 13.4. The number of fused-ring (bicyclic) bond motifs is 1. The van der Waals surface area contributed by atoms with Crippen molar-refractivity contribution in [1.82, 2.24) is 10.2 Å². The number of piperidine rings is 1. The third-order valence-corrected chi connectivity index (χ3v) is 4.50. The van der Waals surface area contributed by atoms with Gasteiger partial charge in [0.1, 0.15) is 5.75 Å². The third kappa shape index (κ3) is 2.80. The van der Waals surface area contributed by atoms with Crippen LogP contribution in [0.15, 0.2) is 24.3 Å². The summed E-state index contributed by atoms with van der Waals surface area (Å²) in [4.78, 5) is 14.5. The molecule has 1 amide bonds. The standard InChI is InChI=1S/C16H22N2O2/c1-20-14-4-2-3-12(9-14)10-16(19)18-8-6-15-13(11-18)5-7-17-15/h2-4,9,13,15,17H,5-8,10-11H2,1H3. The maximum absolute atomic E-state index is 12.4. The van der Waals surface area contributed by atoms with E-state index in [1.807, 2.05) is 29.2 Å². The summed E-state index contributed by atoms with van der Waals surface area (Å²) in [6.45, 7) is 2.91. The number of hydrogen-bond acceptors (Lipinski definition) is 3. The number of likely N-dealkylation sites (tertiary alicyclic amines) is 1. The van der Waals surface area contributed by atoms with Gasteiger partial charge in [-0.25, -0.2) is 0 Å². The lowest BCUT2D eigenvalue weighted by atomic mass is 9.93. The van der Waals surface area contributed by atoms with E-state index in [0.717, 1.165) is 37.4 Å². The minimum atomic E-state index is 0.239. The van der Waals surface area contributed by atoms with Crippen molar-refractivity contribution in [3.63, 3.8) is 0 Å². The van der Waals surface area contributed by atoms with Crippen LogP contribution in [0.3, 0.4) is 0 Å². The third-order valence-electron chi connectivity index (χ3n) is 4.50. The molecule has 2 aliphatic heterocycles. The van der Waals surface area contributed by atoms with Crippen molar-refractivity contribution >= 4 is 5.91 Å². The van der Waals surface area contributed by atoms with E-state index in [0.29, 0.717) is 18.4 Å². The van der Waals surface area contributed by atoms with Crippen LogP contribution in [0.5, 0.6) is 5.75 Å². The van der Waals surface area contributed by atoms with Gasteiger partial charge in [-0.2, -0.15) is 0 Å². The molecular formula is C16H22N2O2. The highest BCUT2D eigenvalue weighted by atomic mass is 16.5. The summed E-state index contributed by atoms with van der Waals surface area (Å²) in [5.41, 5.74) is 1.03. The minimum absolute atomic E-state index is 0.239. The first-order valence-corrected chi connectivity index (χ1v) is 7.40. The van der Waals surface area contributed by atoms with Gasteiger partial charge in [0.25, 0.3) is 0 Å². The van der Waals surface area contributed by atoms with Crippen LogP contribution in [0, 0.1) is 5.92 Å². The van der Waals surface area contributed by atoms with E-state index in [1.165, 1.54) is 6.42 Å². The molecule has 2 saturated heterocycles. The number of carbonyl (C=O) groups excluding carboxylic acids is 1. The second-order valence-corrected chi connectivity index (χ2v) is 5.77. The zero-order chi connectivity index (χ0) is 13.9. The predicted octanol–water partition coefficient (Wildman–Crippen LogP) is 1.45. The van der Waals surface area contributed by atoms with Gasteiger partial charge in [-0.15, -0.1) is 0 Å². The van der Waals surface area contributed by atoms with E-state index in [2.05, 4.69) is 5.32 Å². The van der Waals surface area contributed by atoms with Crippen LogP contribution in [0.4, 0.5) is 0 Å². The van der Waals surface area contributed by atoms with Crippen molar-refractivity contribution in [3.05, 3.63) is 29.8 Å². The van der Waals surface area contributed by atoms with Crippen LogP contribution in [0.25, 0.3) is 0 Å². The van der Waals surface area contributed by atoms with Crippen LogP contribution in [0.2, 0.25) is 0 Å². The number of ether oxygens (including phenoxy) is 1.